The number of hydrogen-bond acceptors (Lipinski definition) is 2. The van der Waals surface area contributed by atoms with Crippen molar-refractivity contribution in [2.75, 3.05) is 4.90 Å². The van der Waals surface area contributed by atoms with Gasteiger partial charge in [-0.1, -0.05) is 190 Å². The van der Waals surface area contributed by atoms with E-state index in [9.17, 15) is 0 Å². The maximum atomic E-state index is 2.48. The molecule has 1 aliphatic carbocycles. The Balaban J connectivity index is 1.15. The second-order valence-corrected chi connectivity index (χ2v) is 17.1. The standard InChI is InChI=1S/C57H41NS/c1-57(2)50-27-13-11-24-49(50)55-44(25-15-28-51(55)57)40-31-33-41(34-32-40)58(42-35-36-47-46-22-12-14-30-53(46)59-54(47)37-42)52-29-16-26-45(39-19-7-4-8-20-39)56(52)48-23-10-9-21-43(48)38-17-5-3-6-18-38/h3-37H,1-2H3. The predicted octanol–water partition coefficient (Wildman–Crippen LogP) is 16.5. The monoisotopic (exact) mass is 771 g/mol. The van der Waals surface area contributed by atoms with Crippen molar-refractivity contribution in [1.82, 2.24) is 0 Å². The summed E-state index contributed by atoms with van der Waals surface area (Å²) in [7, 11) is 0. The maximum absolute atomic E-state index is 2.48. The molecule has 0 bridgehead atoms. The second kappa shape index (κ2) is 14.1. The molecule has 0 atom stereocenters. The molecule has 1 aromatic heterocycles. The van der Waals surface area contributed by atoms with Crippen molar-refractivity contribution in [2.45, 2.75) is 19.3 Å². The van der Waals surface area contributed by atoms with Crippen molar-refractivity contribution in [1.29, 1.82) is 0 Å². The van der Waals surface area contributed by atoms with Gasteiger partial charge in [-0.15, -0.1) is 11.3 Å². The number of rotatable bonds is 7. The number of fused-ring (bicyclic) bond motifs is 6. The Morgan fingerprint density at radius 2 is 0.881 bits per heavy atom. The summed E-state index contributed by atoms with van der Waals surface area (Å²) in [6.45, 7) is 4.71. The molecule has 0 saturated heterocycles. The smallest absolute Gasteiger partial charge is 0.0546 e. The Bertz CT molecular complexity index is 3170. The van der Waals surface area contributed by atoms with E-state index in [2.05, 4.69) is 231 Å². The molecule has 0 N–H and O–H groups in total. The minimum absolute atomic E-state index is 0.0554. The Hall–Kier alpha value is -7.00. The summed E-state index contributed by atoms with van der Waals surface area (Å²) in [6.07, 6.45) is 0. The molecule has 2 heteroatoms. The van der Waals surface area contributed by atoms with Crippen molar-refractivity contribution in [2.24, 2.45) is 0 Å². The topological polar surface area (TPSA) is 3.24 Å². The van der Waals surface area contributed by atoms with Gasteiger partial charge in [0.05, 0.1) is 5.69 Å². The highest BCUT2D eigenvalue weighted by Crippen LogP contribution is 2.53. The molecule has 0 fully saturated rings. The zero-order valence-corrected chi connectivity index (χ0v) is 33.9. The van der Waals surface area contributed by atoms with Crippen LogP contribution in [0.15, 0.2) is 212 Å². The molecule has 0 spiro atoms. The van der Waals surface area contributed by atoms with E-state index < -0.39 is 0 Å². The van der Waals surface area contributed by atoms with E-state index in [1.165, 1.54) is 86.9 Å². The first-order valence-electron chi connectivity index (χ1n) is 20.4. The maximum Gasteiger partial charge on any atom is 0.0546 e. The minimum Gasteiger partial charge on any atom is -0.310 e. The third-order valence-electron chi connectivity index (χ3n) is 12.3. The van der Waals surface area contributed by atoms with E-state index in [-0.39, 0.29) is 5.41 Å². The Morgan fingerprint density at radius 1 is 0.356 bits per heavy atom. The van der Waals surface area contributed by atoms with E-state index in [1.807, 2.05) is 11.3 Å². The molecular weight excluding hydrogens is 731 g/mol. The van der Waals surface area contributed by atoms with Crippen LogP contribution in [0.3, 0.4) is 0 Å². The molecule has 1 nitrogen and oxygen atoms in total. The molecule has 10 aromatic rings. The molecule has 0 radical (unpaired) electrons. The number of benzene rings is 9. The third kappa shape index (κ3) is 5.82. The average molecular weight is 772 g/mol. The molecule has 0 saturated carbocycles. The highest BCUT2D eigenvalue weighted by atomic mass is 32.1. The van der Waals surface area contributed by atoms with Crippen LogP contribution in [0.25, 0.3) is 75.8 Å². The quantitative estimate of drug-likeness (QED) is 0.156. The fourth-order valence-corrected chi connectivity index (χ4v) is 10.6. The van der Waals surface area contributed by atoms with Gasteiger partial charge in [0.15, 0.2) is 0 Å². The van der Waals surface area contributed by atoms with E-state index in [1.54, 1.807) is 0 Å². The zero-order chi connectivity index (χ0) is 39.5. The summed E-state index contributed by atoms with van der Waals surface area (Å²) in [6, 6.07) is 78.1. The van der Waals surface area contributed by atoms with Crippen LogP contribution in [-0.4, -0.2) is 0 Å². The number of nitrogens with zero attached hydrogens (tertiary/aromatic N) is 1. The Kier molecular flexibility index (Phi) is 8.43. The van der Waals surface area contributed by atoms with Crippen molar-refractivity contribution >= 4 is 48.6 Å². The third-order valence-corrected chi connectivity index (χ3v) is 13.4. The Labute approximate surface area is 350 Å². The molecule has 11 rings (SSSR count). The van der Waals surface area contributed by atoms with E-state index in [4.69, 9.17) is 0 Å². The van der Waals surface area contributed by atoms with Crippen LogP contribution in [0.2, 0.25) is 0 Å². The van der Waals surface area contributed by atoms with E-state index >= 15 is 0 Å². The minimum atomic E-state index is -0.0554. The van der Waals surface area contributed by atoms with E-state index in [0.29, 0.717) is 0 Å². The summed E-state index contributed by atoms with van der Waals surface area (Å²) >= 11 is 1.86. The lowest BCUT2D eigenvalue weighted by molar-refractivity contribution is 0.660. The van der Waals surface area contributed by atoms with Crippen molar-refractivity contribution in [3.8, 4) is 55.6 Å². The van der Waals surface area contributed by atoms with E-state index in [0.717, 1.165) is 17.1 Å². The first-order chi connectivity index (χ1) is 29.0. The van der Waals surface area contributed by atoms with Crippen molar-refractivity contribution in [3.63, 3.8) is 0 Å². The van der Waals surface area contributed by atoms with Gasteiger partial charge in [0.2, 0.25) is 0 Å². The first kappa shape index (κ1) is 35.2. The number of anilines is 3. The van der Waals surface area contributed by atoms with Gasteiger partial charge < -0.3 is 4.90 Å². The fraction of sp³-hybridized carbons (Fsp3) is 0.0526. The van der Waals surface area contributed by atoms with Crippen LogP contribution >= 0.6 is 11.3 Å². The Morgan fingerprint density at radius 3 is 1.64 bits per heavy atom. The highest BCUT2D eigenvalue weighted by Gasteiger charge is 2.36. The second-order valence-electron chi connectivity index (χ2n) is 16.0. The molecule has 1 aliphatic rings. The average Bonchev–Trinajstić information content (AvgIpc) is 3.78. The SMILES string of the molecule is CC1(C)c2ccccc2-c2c(-c3ccc(N(c4ccc5c(c4)sc4ccccc45)c4cccc(-c5ccccc5)c4-c4ccccc4-c4ccccc4)cc3)cccc21. The molecular formula is C57H41NS. The zero-order valence-electron chi connectivity index (χ0n) is 33.1. The highest BCUT2D eigenvalue weighted by molar-refractivity contribution is 7.25. The number of hydrogen-bond donors (Lipinski definition) is 0. The van der Waals surface area contributed by atoms with Crippen LogP contribution in [0.1, 0.15) is 25.0 Å². The molecule has 0 unspecified atom stereocenters. The molecule has 59 heavy (non-hydrogen) atoms. The first-order valence-corrected chi connectivity index (χ1v) is 21.2. The summed E-state index contributed by atoms with van der Waals surface area (Å²) in [5.74, 6) is 0. The summed E-state index contributed by atoms with van der Waals surface area (Å²) in [4.78, 5) is 2.48. The van der Waals surface area contributed by atoms with Gasteiger partial charge in [-0.2, -0.15) is 0 Å². The summed E-state index contributed by atoms with van der Waals surface area (Å²) in [5, 5.41) is 2.59. The molecule has 0 amide bonds. The van der Waals surface area contributed by atoms with Crippen molar-refractivity contribution in [3.05, 3.63) is 223 Å². The van der Waals surface area contributed by atoms with Gasteiger partial charge in [-0.3, -0.25) is 0 Å². The lowest BCUT2D eigenvalue weighted by Gasteiger charge is -2.30. The molecule has 0 aliphatic heterocycles. The lowest BCUT2D eigenvalue weighted by Crippen LogP contribution is -2.14. The fourth-order valence-electron chi connectivity index (χ4n) is 9.50. The normalized spacial score (nSPS) is 12.7. The van der Waals surface area contributed by atoms with Gasteiger partial charge >= 0.3 is 0 Å². The van der Waals surface area contributed by atoms with Gasteiger partial charge in [0.1, 0.15) is 0 Å². The van der Waals surface area contributed by atoms with Gasteiger partial charge in [-0.25, -0.2) is 0 Å². The van der Waals surface area contributed by atoms with Gasteiger partial charge in [-0.05, 0) is 97.6 Å². The van der Waals surface area contributed by atoms with Crippen molar-refractivity contribution < 1.29 is 0 Å². The summed E-state index contributed by atoms with van der Waals surface area (Å²) in [5.41, 5.74) is 18.4. The van der Waals surface area contributed by atoms with Crippen LogP contribution in [0, 0.1) is 0 Å². The molecule has 280 valence electrons. The number of thiophene rings is 1. The van der Waals surface area contributed by atoms with Gasteiger partial charge in [0, 0.05) is 42.5 Å². The van der Waals surface area contributed by atoms with Crippen LogP contribution in [0.4, 0.5) is 17.1 Å². The summed E-state index contributed by atoms with van der Waals surface area (Å²) < 4.78 is 2.58. The lowest BCUT2D eigenvalue weighted by atomic mass is 9.82. The van der Waals surface area contributed by atoms with Gasteiger partial charge in [0.25, 0.3) is 0 Å². The van der Waals surface area contributed by atoms with Crippen LogP contribution < -0.4 is 4.90 Å². The van der Waals surface area contributed by atoms with Crippen LogP contribution in [-0.2, 0) is 5.41 Å². The predicted molar refractivity (Wildman–Crippen MR) is 253 cm³/mol. The largest absolute Gasteiger partial charge is 0.310 e. The molecule has 9 aromatic carbocycles. The molecule has 1 heterocycles. The van der Waals surface area contributed by atoms with Crippen LogP contribution in [0.5, 0.6) is 0 Å².